The van der Waals surface area contributed by atoms with E-state index >= 15 is 0 Å². The second kappa shape index (κ2) is 8.71. The van der Waals surface area contributed by atoms with Crippen LogP contribution in [0.25, 0.3) is 16.9 Å². The van der Waals surface area contributed by atoms with Crippen molar-refractivity contribution in [2.45, 2.75) is 6.42 Å². The van der Waals surface area contributed by atoms with E-state index in [9.17, 15) is 13.2 Å². The normalized spacial score (nSPS) is 13.8. The predicted octanol–water partition coefficient (Wildman–Crippen LogP) is 4.67. The lowest BCUT2D eigenvalue weighted by Gasteiger charge is -2.23. The molecular formula is C24H18N4O3S3. The molecule has 1 aliphatic rings. The van der Waals surface area contributed by atoms with E-state index in [1.807, 2.05) is 23.6 Å². The standard InChI is InChI=1S/C24H18N4O3S3/c1-27(34(30,31)22-10-3-2-8-20(22)32)17-7-4-6-16(14-17)19-11-12-25-24-18(15-26-28(19)24)23(29)21-9-5-13-33-21/h2-7,9-15H,8H2,1H3. The minimum Gasteiger partial charge on any atom is -0.287 e. The van der Waals surface area contributed by atoms with Crippen molar-refractivity contribution in [3.8, 4) is 11.3 Å². The highest BCUT2D eigenvalue weighted by molar-refractivity contribution is 7.99. The SMILES string of the molecule is CN(c1cccc(-c2ccnc3c(C(=O)c4cccs4)cnn23)c1)S(=O)(=O)C1=CC=CCC1=S. The Balaban J connectivity index is 1.55. The Morgan fingerprint density at radius 2 is 2.06 bits per heavy atom. The van der Waals surface area contributed by atoms with Crippen molar-refractivity contribution in [2.24, 2.45) is 0 Å². The fourth-order valence-electron chi connectivity index (χ4n) is 3.71. The Bertz CT molecular complexity index is 1600. The van der Waals surface area contributed by atoms with Gasteiger partial charge in [0, 0.05) is 30.1 Å². The summed E-state index contributed by atoms with van der Waals surface area (Å²) >= 11 is 6.64. The summed E-state index contributed by atoms with van der Waals surface area (Å²) in [6, 6.07) is 12.5. The average Bonchev–Trinajstić information content (AvgIpc) is 3.54. The summed E-state index contributed by atoms with van der Waals surface area (Å²) in [6.07, 6.45) is 8.62. The number of carbonyl (C=O) groups excluding carboxylic acids is 1. The third-order valence-electron chi connectivity index (χ3n) is 5.50. The highest BCUT2D eigenvalue weighted by atomic mass is 32.2. The van der Waals surface area contributed by atoms with E-state index in [1.165, 1.54) is 35.0 Å². The minimum absolute atomic E-state index is 0.132. The molecule has 0 aliphatic heterocycles. The molecule has 0 bridgehead atoms. The molecule has 0 fully saturated rings. The van der Waals surface area contributed by atoms with Gasteiger partial charge in [-0.15, -0.1) is 11.3 Å². The first-order valence-corrected chi connectivity index (χ1v) is 13.0. The van der Waals surface area contributed by atoms with Crippen LogP contribution in [-0.2, 0) is 10.0 Å². The first-order valence-electron chi connectivity index (χ1n) is 10.3. The third-order valence-corrected chi connectivity index (χ3v) is 8.75. The number of carbonyl (C=O) groups is 1. The van der Waals surface area contributed by atoms with Crippen molar-refractivity contribution in [3.05, 3.63) is 93.8 Å². The van der Waals surface area contributed by atoms with Gasteiger partial charge in [-0.1, -0.05) is 42.6 Å². The van der Waals surface area contributed by atoms with Gasteiger partial charge in [0.2, 0.25) is 5.78 Å². The Kier molecular flexibility index (Phi) is 5.72. The summed E-state index contributed by atoms with van der Waals surface area (Å²) in [6.45, 7) is 0. The Morgan fingerprint density at radius 1 is 1.21 bits per heavy atom. The van der Waals surface area contributed by atoms with Gasteiger partial charge in [0.05, 0.1) is 28.0 Å². The lowest BCUT2D eigenvalue weighted by Crippen LogP contribution is -2.30. The van der Waals surface area contributed by atoms with Crippen molar-refractivity contribution >= 4 is 55.6 Å². The fraction of sp³-hybridized carbons (Fsp3) is 0.0833. The maximum Gasteiger partial charge on any atom is 0.265 e. The number of allylic oxidation sites excluding steroid dienone is 4. The van der Waals surface area contributed by atoms with E-state index in [4.69, 9.17) is 12.2 Å². The van der Waals surface area contributed by atoms with Crippen LogP contribution in [0.4, 0.5) is 5.69 Å². The van der Waals surface area contributed by atoms with Gasteiger partial charge in [0.15, 0.2) is 5.65 Å². The number of nitrogens with zero attached hydrogens (tertiary/aromatic N) is 4. The number of benzene rings is 1. The van der Waals surface area contributed by atoms with E-state index in [0.29, 0.717) is 38.8 Å². The second-order valence-corrected chi connectivity index (χ2v) is 10.9. The number of hydrogen-bond donors (Lipinski definition) is 0. The number of rotatable bonds is 6. The highest BCUT2D eigenvalue weighted by Crippen LogP contribution is 2.29. The van der Waals surface area contributed by atoms with Crippen molar-refractivity contribution < 1.29 is 13.2 Å². The van der Waals surface area contributed by atoms with Crippen LogP contribution in [0.3, 0.4) is 0 Å². The number of anilines is 1. The van der Waals surface area contributed by atoms with Gasteiger partial charge in [0.1, 0.15) is 4.91 Å². The molecule has 1 aliphatic carbocycles. The molecule has 0 atom stereocenters. The first-order chi connectivity index (χ1) is 16.4. The summed E-state index contributed by atoms with van der Waals surface area (Å²) < 4.78 is 29.3. The van der Waals surface area contributed by atoms with Gasteiger partial charge in [-0.2, -0.15) is 5.10 Å². The molecule has 0 amide bonds. The molecule has 4 aromatic rings. The van der Waals surface area contributed by atoms with Gasteiger partial charge in [-0.3, -0.25) is 9.10 Å². The van der Waals surface area contributed by atoms with Crippen LogP contribution in [-0.4, -0.2) is 40.7 Å². The van der Waals surface area contributed by atoms with Crippen LogP contribution in [0.1, 0.15) is 21.7 Å². The molecular weight excluding hydrogens is 488 g/mol. The molecule has 0 saturated heterocycles. The molecule has 0 spiro atoms. The molecule has 3 heterocycles. The van der Waals surface area contributed by atoms with Crippen molar-refractivity contribution in [2.75, 3.05) is 11.4 Å². The van der Waals surface area contributed by atoms with Crippen LogP contribution in [0.15, 0.2) is 83.4 Å². The van der Waals surface area contributed by atoms with Crippen LogP contribution in [0.2, 0.25) is 0 Å². The summed E-state index contributed by atoms with van der Waals surface area (Å²) in [4.78, 5) is 18.4. The van der Waals surface area contributed by atoms with Gasteiger partial charge >= 0.3 is 0 Å². The highest BCUT2D eigenvalue weighted by Gasteiger charge is 2.27. The third kappa shape index (κ3) is 3.79. The Labute approximate surface area is 205 Å². The smallest absolute Gasteiger partial charge is 0.265 e. The molecule has 10 heteroatoms. The molecule has 3 aromatic heterocycles. The summed E-state index contributed by atoms with van der Waals surface area (Å²) in [5.41, 5.74) is 2.73. The quantitative estimate of drug-likeness (QED) is 0.279. The van der Waals surface area contributed by atoms with Crippen LogP contribution >= 0.6 is 23.6 Å². The maximum absolute atomic E-state index is 13.2. The largest absolute Gasteiger partial charge is 0.287 e. The number of sulfonamides is 1. The van der Waals surface area contributed by atoms with Crippen LogP contribution in [0.5, 0.6) is 0 Å². The van der Waals surface area contributed by atoms with Crippen LogP contribution in [0, 0.1) is 0 Å². The van der Waals surface area contributed by atoms with Gasteiger partial charge in [-0.25, -0.2) is 17.9 Å². The van der Waals surface area contributed by atoms with Crippen LogP contribution < -0.4 is 4.31 Å². The molecule has 0 unspecified atom stereocenters. The average molecular weight is 507 g/mol. The van der Waals surface area contributed by atoms with E-state index in [2.05, 4.69) is 10.1 Å². The molecule has 0 radical (unpaired) electrons. The summed E-state index contributed by atoms with van der Waals surface area (Å²) in [5, 5.41) is 6.25. The Hall–Kier alpha value is -3.47. The second-order valence-electron chi connectivity index (χ2n) is 7.54. The number of ketones is 1. The zero-order valence-corrected chi connectivity index (χ0v) is 20.4. The Morgan fingerprint density at radius 3 is 2.82 bits per heavy atom. The van der Waals surface area contributed by atoms with Gasteiger partial charge in [-0.05, 0) is 35.7 Å². The number of fused-ring (bicyclic) bond motifs is 1. The summed E-state index contributed by atoms with van der Waals surface area (Å²) in [5.74, 6) is -0.139. The molecule has 1 aromatic carbocycles. The first kappa shape index (κ1) is 22.3. The number of thiocarbonyl (C=S) groups is 1. The fourth-order valence-corrected chi connectivity index (χ4v) is 6.18. The molecule has 34 heavy (non-hydrogen) atoms. The van der Waals surface area contributed by atoms with E-state index in [0.717, 1.165) is 5.56 Å². The van der Waals surface area contributed by atoms with E-state index < -0.39 is 10.0 Å². The predicted molar refractivity (Wildman–Crippen MR) is 138 cm³/mol. The van der Waals surface area contributed by atoms with E-state index in [-0.39, 0.29) is 10.7 Å². The molecule has 0 saturated carbocycles. The van der Waals surface area contributed by atoms with Crippen molar-refractivity contribution in [1.82, 2.24) is 14.6 Å². The number of aromatic nitrogens is 3. The summed E-state index contributed by atoms with van der Waals surface area (Å²) in [7, 11) is -2.31. The molecule has 170 valence electrons. The lowest BCUT2D eigenvalue weighted by molar-refractivity contribution is 0.104. The van der Waals surface area contributed by atoms with Gasteiger partial charge in [0.25, 0.3) is 10.0 Å². The molecule has 7 nitrogen and oxygen atoms in total. The topological polar surface area (TPSA) is 84.6 Å². The zero-order chi connectivity index (χ0) is 23.9. The molecule has 5 rings (SSSR count). The zero-order valence-electron chi connectivity index (χ0n) is 18.0. The molecule has 0 N–H and O–H groups in total. The lowest BCUT2D eigenvalue weighted by atomic mass is 10.1. The monoisotopic (exact) mass is 506 g/mol. The minimum atomic E-state index is -3.81. The van der Waals surface area contributed by atoms with Crippen molar-refractivity contribution in [3.63, 3.8) is 0 Å². The maximum atomic E-state index is 13.2. The van der Waals surface area contributed by atoms with Gasteiger partial charge < -0.3 is 0 Å². The number of hydrogen-bond acceptors (Lipinski definition) is 7. The van der Waals surface area contributed by atoms with Crippen molar-refractivity contribution in [1.29, 1.82) is 0 Å². The number of thiophene rings is 1. The van der Waals surface area contributed by atoms with E-state index in [1.54, 1.807) is 47.1 Å².